The topological polar surface area (TPSA) is 20.2 Å². The largest absolute Gasteiger partial charge is 0.392 e. The summed E-state index contributed by atoms with van der Waals surface area (Å²) in [5.74, 6) is 1.40. The summed E-state index contributed by atoms with van der Waals surface area (Å²) in [5.41, 5.74) is 0.427. The highest BCUT2D eigenvalue weighted by Gasteiger charge is 2.62. The lowest BCUT2D eigenvalue weighted by atomic mass is 9.65. The molecule has 0 aliphatic heterocycles. The molecule has 0 spiro atoms. The summed E-state index contributed by atoms with van der Waals surface area (Å²) in [5, 5.41) is 10.4. The molecule has 13 heavy (non-hydrogen) atoms. The van der Waals surface area contributed by atoms with Gasteiger partial charge in [-0.15, -0.1) is 0 Å². The molecule has 76 valence electrons. The van der Waals surface area contributed by atoms with Gasteiger partial charge in [0.2, 0.25) is 0 Å². The molecule has 2 rings (SSSR count). The Kier molecular flexibility index (Phi) is 1.83. The van der Waals surface area contributed by atoms with Crippen LogP contribution in [0.2, 0.25) is 0 Å². The number of hydrogen-bond acceptors (Lipinski definition) is 1. The second-order valence-electron chi connectivity index (χ2n) is 6.05. The molecule has 1 nitrogen and oxygen atoms in total. The number of fused-ring (bicyclic) bond motifs is 2. The molecule has 0 unspecified atom stereocenters. The summed E-state index contributed by atoms with van der Waals surface area (Å²) < 4.78 is 0. The number of aliphatic hydroxyl groups excluding tert-OH is 1. The minimum absolute atomic E-state index is 0.0706. The van der Waals surface area contributed by atoms with Crippen LogP contribution in [0.25, 0.3) is 0 Å². The van der Waals surface area contributed by atoms with Gasteiger partial charge in [0.15, 0.2) is 0 Å². The van der Waals surface area contributed by atoms with Gasteiger partial charge in [0.1, 0.15) is 0 Å². The molecule has 0 amide bonds. The van der Waals surface area contributed by atoms with Crippen LogP contribution >= 0.6 is 0 Å². The Hall–Kier alpha value is -0.0400. The monoisotopic (exact) mass is 182 g/mol. The van der Waals surface area contributed by atoms with Crippen LogP contribution in [-0.2, 0) is 0 Å². The predicted octanol–water partition coefficient (Wildman–Crippen LogP) is 2.83. The zero-order valence-electron chi connectivity index (χ0n) is 9.30. The Bertz CT molecular complexity index is 219. The quantitative estimate of drug-likeness (QED) is 0.661. The molecule has 0 heterocycles. The van der Waals surface area contributed by atoms with E-state index in [1.807, 2.05) is 0 Å². The molecule has 0 radical (unpaired) electrons. The molecule has 2 saturated carbocycles. The van der Waals surface area contributed by atoms with Gasteiger partial charge in [-0.1, -0.05) is 27.7 Å². The smallest absolute Gasteiger partial charge is 0.0652 e. The lowest BCUT2D eigenvalue weighted by molar-refractivity contribution is -0.0620. The van der Waals surface area contributed by atoms with Crippen molar-refractivity contribution in [2.24, 2.45) is 22.7 Å². The Morgan fingerprint density at radius 3 is 2.23 bits per heavy atom. The van der Waals surface area contributed by atoms with Crippen molar-refractivity contribution >= 4 is 0 Å². The summed E-state index contributed by atoms with van der Waals surface area (Å²) in [6.07, 6.45) is 3.78. The van der Waals surface area contributed by atoms with Crippen molar-refractivity contribution in [3.8, 4) is 0 Å². The van der Waals surface area contributed by atoms with E-state index in [9.17, 15) is 5.11 Å². The third-order valence-electron chi connectivity index (χ3n) is 5.04. The molecule has 0 aromatic rings. The van der Waals surface area contributed by atoms with Crippen molar-refractivity contribution in [2.45, 2.75) is 53.1 Å². The standard InChI is InChI=1S/C12H22O/c1-8(2)12-6-5-9(7-12)11(3,4)10(12)13/h8-10,13H,5-7H2,1-4H3/t9-,10-,12+/m0/s1. The molecule has 1 heteroatoms. The normalized spacial score (nSPS) is 47.5. The minimum atomic E-state index is -0.0706. The van der Waals surface area contributed by atoms with Crippen LogP contribution in [0.15, 0.2) is 0 Å². The first kappa shape index (κ1) is 9.51. The van der Waals surface area contributed by atoms with E-state index in [0.717, 1.165) is 5.92 Å². The van der Waals surface area contributed by atoms with Crippen molar-refractivity contribution in [2.75, 3.05) is 0 Å². The maximum Gasteiger partial charge on any atom is 0.0652 e. The highest BCUT2D eigenvalue weighted by Crippen LogP contribution is 2.65. The minimum Gasteiger partial charge on any atom is -0.392 e. The van der Waals surface area contributed by atoms with E-state index in [-0.39, 0.29) is 16.9 Å². The van der Waals surface area contributed by atoms with Crippen molar-refractivity contribution in [3.63, 3.8) is 0 Å². The molecule has 2 fully saturated rings. The molecule has 0 aromatic carbocycles. The summed E-state index contributed by atoms with van der Waals surface area (Å²) in [4.78, 5) is 0. The molecular weight excluding hydrogens is 160 g/mol. The van der Waals surface area contributed by atoms with E-state index in [4.69, 9.17) is 0 Å². The molecule has 2 bridgehead atoms. The van der Waals surface area contributed by atoms with Gasteiger partial charge >= 0.3 is 0 Å². The third kappa shape index (κ3) is 0.971. The van der Waals surface area contributed by atoms with Gasteiger partial charge in [0, 0.05) is 0 Å². The fourth-order valence-electron chi connectivity index (χ4n) is 3.79. The fourth-order valence-corrected chi connectivity index (χ4v) is 3.79. The Morgan fingerprint density at radius 2 is 1.92 bits per heavy atom. The van der Waals surface area contributed by atoms with E-state index in [0.29, 0.717) is 5.92 Å². The first-order chi connectivity index (χ1) is 5.91. The van der Waals surface area contributed by atoms with Crippen molar-refractivity contribution in [1.29, 1.82) is 0 Å². The van der Waals surface area contributed by atoms with Crippen LogP contribution in [0.4, 0.5) is 0 Å². The van der Waals surface area contributed by atoms with Crippen LogP contribution in [-0.4, -0.2) is 11.2 Å². The van der Waals surface area contributed by atoms with Gasteiger partial charge in [-0.2, -0.15) is 0 Å². The number of aliphatic hydroxyl groups is 1. The zero-order valence-corrected chi connectivity index (χ0v) is 9.30. The van der Waals surface area contributed by atoms with Gasteiger partial charge in [0.25, 0.3) is 0 Å². The van der Waals surface area contributed by atoms with E-state index in [1.54, 1.807) is 0 Å². The third-order valence-corrected chi connectivity index (χ3v) is 5.04. The second-order valence-corrected chi connectivity index (χ2v) is 6.05. The van der Waals surface area contributed by atoms with E-state index in [1.165, 1.54) is 19.3 Å². The first-order valence-electron chi connectivity index (χ1n) is 5.59. The Morgan fingerprint density at radius 1 is 1.31 bits per heavy atom. The lowest BCUT2D eigenvalue weighted by Crippen LogP contribution is -2.44. The van der Waals surface area contributed by atoms with Crippen LogP contribution in [0.1, 0.15) is 47.0 Å². The van der Waals surface area contributed by atoms with Gasteiger partial charge in [-0.05, 0) is 41.9 Å². The highest BCUT2D eigenvalue weighted by molar-refractivity contribution is 5.11. The molecule has 1 N–H and O–H groups in total. The van der Waals surface area contributed by atoms with Crippen LogP contribution in [0.3, 0.4) is 0 Å². The fraction of sp³-hybridized carbons (Fsp3) is 1.00. The summed E-state index contributed by atoms with van der Waals surface area (Å²) in [6, 6.07) is 0. The van der Waals surface area contributed by atoms with E-state index < -0.39 is 0 Å². The molecule has 2 aliphatic rings. The van der Waals surface area contributed by atoms with Gasteiger partial charge in [0.05, 0.1) is 6.10 Å². The van der Waals surface area contributed by atoms with E-state index in [2.05, 4.69) is 27.7 Å². The van der Waals surface area contributed by atoms with Crippen LogP contribution < -0.4 is 0 Å². The maximum absolute atomic E-state index is 10.4. The summed E-state index contributed by atoms with van der Waals surface area (Å²) in [6.45, 7) is 9.03. The van der Waals surface area contributed by atoms with Crippen LogP contribution in [0, 0.1) is 22.7 Å². The summed E-state index contributed by atoms with van der Waals surface area (Å²) >= 11 is 0. The van der Waals surface area contributed by atoms with Crippen molar-refractivity contribution in [3.05, 3.63) is 0 Å². The Balaban J connectivity index is 2.34. The van der Waals surface area contributed by atoms with E-state index >= 15 is 0 Å². The molecular formula is C12H22O. The van der Waals surface area contributed by atoms with Crippen LogP contribution in [0.5, 0.6) is 0 Å². The molecule has 0 saturated heterocycles. The average molecular weight is 182 g/mol. The van der Waals surface area contributed by atoms with Gasteiger partial charge in [-0.25, -0.2) is 0 Å². The van der Waals surface area contributed by atoms with Gasteiger partial charge < -0.3 is 5.11 Å². The zero-order chi connectivity index (χ0) is 9.85. The number of hydrogen-bond donors (Lipinski definition) is 1. The SMILES string of the molecule is CC(C)[C@@]12CC[C@@H](C1)C(C)(C)[C@@H]2O. The van der Waals surface area contributed by atoms with Crippen molar-refractivity contribution < 1.29 is 5.11 Å². The second kappa shape index (κ2) is 2.50. The Labute approximate surface area is 81.5 Å². The summed E-state index contributed by atoms with van der Waals surface area (Å²) in [7, 11) is 0. The van der Waals surface area contributed by atoms with Crippen molar-refractivity contribution in [1.82, 2.24) is 0 Å². The molecule has 3 atom stereocenters. The first-order valence-corrected chi connectivity index (χ1v) is 5.59. The molecule has 0 aromatic heterocycles. The maximum atomic E-state index is 10.4. The number of rotatable bonds is 1. The highest BCUT2D eigenvalue weighted by atomic mass is 16.3. The average Bonchev–Trinajstić information content (AvgIpc) is 2.53. The predicted molar refractivity (Wildman–Crippen MR) is 54.4 cm³/mol. The molecule has 2 aliphatic carbocycles. The lowest BCUT2D eigenvalue weighted by Gasteiger charge is -2.43. The van der Waals surface area contributed by atoms with Gasteiger partial charge in [-0.3, -0.25) is 0 Å².